The second-order valence-electron chi connectivity index (χ2n) is 5.02. The summed E-state index contributed by atoms with van der Waals surface area (Å²) in [5.74, 6) is -1.26. The predicted molar refractivity (Wildman–Crippen MR) is 72.1 cm³/mol. The highest BCUT2D eigenvalue weighted by Crippen LogP contribution is 2.08. The van der Waals surface area contributed by atoms with Gasteiger partial charge in [-0.15, -0.1) is 0 Å². The molecule has 114 valence electrons. The van der Waals surface area contributed by atoms with Crippen molar-refractivity contribution >= 4 is 16.2 Å². The fourth-order valence-corrected chi connectivity index (χ4v) is 2.66. The third kappa shape index (κ3) is 6.86. The summed E-state index contributed by atoms with van der Waals surface area (Å²) in [5.41, 5.74) is -0.533. The average molecular weight is 296 g/mol. The van der Waals surface area contributed by atoms with Gasteiger partial charge in [0.05, 0.1) is 12.2 Å². The number of hydrogen-bond donors (Lipinski definition) is 2. The molecule has 0 aromatic carbocycles. The number of carbonyl (C=O) groups is 1. The van der Waals surface area contributed by atoms with E-state index < -0.39 is 27.8 Å². The molecule has 0 aliphatic rings. The SMILES string of the molecule is CCN(CC)S(=O)(=O)N[C@@H](COC(C)(C)C)C(=O)O. The van der Waals surface area contributed by atoms with Crippen LogP contribution in [0.3, 0.4) is 0 Å². The maximum atomic E-state index is 11.9. The molecule has 0 radical (unpaired) electrons. The van der Waals surface area contributed by atoms with Crippen molar-refractivity contribution in [3.8, 4) is 0 Å². The molecule has 2 N–H and O–H groups in total. The Morgan fingerprint density at radius 3 is 2.11 bits per heavy atom. The van der Waals surface area contributed by atoms with E-state index in [2.05, 4.69) is 4.72 Å². The van der Waals surface area contributed by atoms with E-state index in [9.17, 15) is 13.2 Å². The molecule has 0 aromatic rings. The van der Waals surface area contributed by atoms with Gasteiger partial charge in [-0.2, -0.15) is 17.4 Å². The molecule has 0 saturated heterocycles. The van der Waals surface area contributed by atoms with E-state index in [1.54, 1.807) is 34.6 Å². The van der Waals surface area contributed by atoms with E-state index >= 15 is 0 Å². The van der Waals surface area contributed by atoms with Crippen LogP contribution < -0.4 is 4.72 Å². The molecule has 0 aliphatic carbocycles. The van der Waals surface area contributed by atoms with Crippen LogP contribution >= 0.6 is 0 Å². The van der Waals surface area contributed by atoms with E-state index in [4.69, 9.17) is 9.84 Å². The number of ether oxygens (including phenoxy) is 1. The summed E-state index contributed by atoms with van der Waals surface area (Å²) in [4.78, 5) is 11.1. The van der Waals surface area contributed by atoms with Gasteiger partial charge in [-0.25, -0.2) is 0 Å². The molecule has 0 aromatic heterocycles. The van der Waals surface area contributed by atoms with Crippen molar-refractivity contribution in [3.63, 3.8) is 0 Å². The summed E-state index contributed by atoms with van der Waals surface area (Å²) in [5, 5.41) is 9.04. The Morgan fingerprint density at radius 1 is 1.32 bits per heavy atom. The minimum atomic E-state index is -3.81. The van der Waals surface area contributed by atoms with Crippen molar-refractivity contribution in [2.24, 2.45) is 0 Å². The normalized spacial score (nSPS) is 14.6. The second-order valence-corrected chi connectivity index (χ2v) is 6.72. The molecule has 0 saturated carbocycles. The summed E-state index contributed by atoms with van der Waals surface area (Å²) in [7, 11) is -3.81. The molecule has 0 bridgehead atoms. The van der Waals surface area contributed by atoms with Gasteiger partial charge < -0.3 is 9.84 Å². The van der Waals surface area contributed by atoms with Crippen LogP contribution in [0.5, 0.6) is 0 Å². The zero-order valence-electron chi connectivity index (χ0n) is 12.1. The summed E-state index contributed by atoms with van der Waals surface area (Å²) < 4.78 is 32.5. The Bertz CT molecular complexity index is 384. The van der Waals surface area contributed by atoms with Gasteiger partial charge in [0.25, 0.3) is 10.2 Å². The van der Waals surface area contributed by atoms with Crippen molar-refractivity contribution in [1.82, 2.24) is 9.03 Å². The third-order valence-electron chi connectivity index (χ3n) is 2.32. The molecule has 0 fully saturated rings. The Hall–Kier alpha value is -0.700. The van der Waals surface area contributed by atoms with Crippen LogP contribution in [0.4, 0.5) is 0 Å². The first kappa shape index (κ1) is 18.3. The number of aliphatic carboxylic acids is 1. The summed E-state index contributed by atoms with van der Waals surface area (Å²) >= 11 is 0. The second kappa shape index (κ2) is 7.18. The summed E-state index contributed by atoms with van der Waals surface area (Å²) in [6.07, 6.45) is 0. The van der Waals surface area contributed by atoms with Gasteiger partial charge in [0.15, 0.2) is 0 Å². The molecular weight excluding hydrogens is 272 g/mol. The van der Waals surface area contributed by atoms with E-state index in [1.165, 1.54) is 0 Å². The number of nitrogens with one attached hydrogen (secondary N) is 1. The Labute approximate surface area is 115 Å². The van der Waals surface area contributed by atoms with E-state index in [0.717, 1.165) is 4.31 Å². The topological polar surface area (TPSA) is 95.9 Å². The molecule has 0 amide bonds. The van der Waals surface area contributed by atoms with Crippen LogP contribution in [0.25, 0.3) is 0 Å². The molecule has 1 atom stereocenters. The molecule has 19 heavy (non-hydrogen) atoms. The maximum absolute atomic E-state index is 11.9. The van der Waals surface area contributed by atoms with Gasteiger partial charge in [0.2, 0.25) is 0 Å². The third-order valence-corrected chi connectivity index (χ3v) is 4.10. The standard InChI is InChI=1S/C11H24N2O5S/c1-6-13(7-2)19(16,17)12-9(10(14)15)8-18-11(3,4)5/h9,12H,6-8H2,1-5H3,(H,14,15)/t9-/m0/s1. The van der Waals surface area contributed by atoms with Crippen LogP contribution in [-0.4, -0.2) is 55.1 Å². The molecule has 0 unspecified atom stereocenters. The molecule has 0 rings (SSSR count). The summed E-state index contributed by atoms with van der Waals surface area (Å²) in [6, 6.07) is -1.30. The number of rotatable bonds is 8. The van der Waals surface area contributed by atoms with Crippen molar-refractivity contribution in [2.75, 3.05) is 19.7 Å². The van der Waals surface area contributed by atoms with Gasteiger partial charge in [-0.05, 0) is 20.8 Å². The van der Waals surface area contributed by atoms with Crippen LogP contribution in [-0.2, 0) is 19.7 Å². The minimum absolute atomic E-state index is 0.223. The molecule has 0 spiro atoms. The quantitative estimate of drug-likeness (QED) is 0.677. The molecule has 8 heteroatoms. The molecule has 0 aliphatic heterocycles. The van der Waals surface area contributed by atoms with Gasteiger partial charge in [-0.3, -0.25) is 4.79 Å². The number of nitrogens with zero attached hydrogens (tertiary/aromatic N) is 1. The van der Waals surface area contributed by atoms with Gasteiger partial charge >= 0.3 is 5.97 Å². The lowest BCUT2D eigenvalue weighted by Gasteiger charge is -2.25. The Balaban J connectivity index is 4.81. The van der Waals surface area contributed by atoms with Crippen LogP contribution in [0, 0.1) is 0 Å². The average Bonchev–Trinajstić information content (AvgIpc) is 2.23. The van der Waals surface area contributed by atoms with Gasteiger partial charge in [0.1, 0.15) is 6.04 Å². The fraction of sp³-hybridized carbons (Fsp3) is 0.909. The van der Waals surface area contributed by atoms with Gasteiger partial charge in [-0.1, -0.05) is 13.8 Å². The number of carboxylic acids is 1. The Morgan fingerprint density at radius 2 is 1.79 bits per heavy atom. The maximum Gasteiger partial charge on any atom is 0.324 e. The van der Waals surface area contributed by atoms with Crippen molar-refractivity contribution < 1.29 is 23.1 Å². The fourth-order valence-electron chi connectivity index (χ4n) is 1.31. The van der Waals surface area contributed by atoms with Crippen molar-refractivity contribution in [3.05, 3.63) is 0 Å². The molecular formula is C11H24N2O5S. The highest BCUT2D eigenvalue weighted by atomic mass is 32.2. The summed E-state index contributed by atoms with van der Waals surface area (Å²) in [6.45, 7) is 9.00. The van der Waals surface area contributed by atoms with Crippen molar-refractivity contribution in [1.29, 1.82) is 0 Å². The van der Waals surface area contributed by atoms with Crippen molar-refractivity contribution in [2.45, 2.75) is 46.3 Å². The highest BCUT2D eigenvalue weighted by Gasteiger charge is 2.29. The van der Waals surface area contributed by atoms with E-state index in [1.807, 2.05) is 0 Å². The first-order valence-electron chi connectivity index (χ1n) is 6.17. The lowest BCUT2D eigenvalue weighted by atomic mass is 10.2. The number of hydrogen-bond acceptors (Lipinski definition) is 4. The lowest BCUT2D eigenvalue weighted by Crippen LogP contribution is -2.50. The highest BCUT2D eigenvalue weighted by molar-refractivity contribution is 7.87. The smallest absolute Gasteiger partial charge is 0.324 e. The van der Waals surface area contributed by atoms with E-state index in [-0.39, 0.29) is 19.7 Å². The van der Waals surface area contributed by atoms with E-state index in [0.29, 0.717) is 0 Å². The first-order valence-corrected chi connectivity index (χ1v) is 7.61. The predicted octanol–water partition coefficient (Wildman–Crippen LogP) is 0.431. The van der Waals surface area contributed by atoms with Crippen LogP contribution in [0.15, 0.2) is 0 Å². The zero-order chi connectivity index (χ0) is 15.3. The first-order chi connectivity index (χ1) is 8.53. The van der Waals surface area contributed by atoms with Gasteiger partial charge in [0, 0.05) is 13.1 Å². The lowest BCUT2D eigenvalue weighted by molar-refractivity contribution is -0.142. The largest absolute Gasteiger partial charge is 0.480 e. The monoisotopic (exact) mass is 296 g/mol. The Kier molecular flexibility index (Phi) is 6.92. The minimum Gasteiger partial charge on any atom is -0.480 e. The molecule has 7 nitrogen and oxygen atoms in total. The number of carboxylic acid groups (broad SMARTS) is 1. The zero-order valence-corrected chi connectivity index (χ0v) is 13.0. The molecule has 0 heterocycles. The van der Waals surface area contributed by atoms with Crippen LogP contribution in [0.1, 0.15) is 34.6 Å². The van der Waals surface area contributed by atoms with Crippen LogP contribution in [0.2, 0.25) is 0 Å².